The Morgan fingerprint density at radius 3 is 2.71 bits per heavy atom. The molecule has 7 nitrogen and oxygen atoms in total. The Bertz CT molecular complexity index is 386. The molecule has 0 aromatic rings. The van der Waals surface area contributed by atoms with Gasteiger partial charge in [-0.2, -0.15) is 0 Å². The molecule has 1 fully saturated rings. The Morgan fingerprint density at radius 1 is 1.38 bits per heavy atom. The van der Waals surface area contributed by atoms with Crippen LogP contribution in [0.3, 0.4) is 0 Å². The first-order chi connectivity index (χ1) is 9.93. The molecule has 0 aromatic heterocycles. The molecular formula is C14H25N3O4. The van der Waals surface area contributed by atoms with Crippen LogP contribution in [0.5, 0.6) is 0 Å². The summed E-state index contributed by atoms with van der Waals surface area (Å²) in [5.74, 6) is -1.00. The third kappa shape index (κ3) is 6.01. The molecule has 0 spiro atoms. The van der Waals surface area contributed by atoms with Gasteiger partial charge in [-0.25, -0.2) is 4.79 Å². The Balaban J connectivity index is 2.45. The molecule has 0 bridgehead atoms. The largest absolute Gasteiger partial charge is 0.481 e. The molecule has 1 rings (SSSR count). The average Bonchev–Trinajstić information content (AvgIpc) is 2.43. The van der Waals surface area contributed by atoms with Crippen LogP contribution >= 0.6 is 0 Å². The SMILES string of the molecule is CCCNC(=O)CN(C)C(=O)N1CCCC(CC(=O)O)C1. The standard InChI is InChI=1S/C14H25N3O4/c1-3-6-15-12(18)10-16(2)14(21)17-7-4-5-11(9-17)8-13(19)20/h11H,3-10H2,1-2H3,(H,15,18)(H,19,20). The Morgan fingerprint density at radius 2 is 2.10 bits per heavy atom. The van der Waals surface area contributed by atoms with Gasteiger partial charge >= 0.3 is 12.0 Å². The minimum Gasteiger partial charge on any atom is -0.481 e. The van der Waals surface area contributed by atoms with Gasteiger partial charge in [-0.15, -0.1) is 0 Å². The van der Waals surface area contributed by atoms with Crippen molar-refractivity contribution < 1.29 is 19.5 Å². The van der Waals surface area contributed by atoms with Crippen LogP contribution in [0.15, 0.2) is 0 Å². The highest BCUT2D eigenvalue weighted by atomic mass is 16.4. The van der Waals surface area contributed by atoms with Gasteiger partial charge in [-0.3, -0.25) is 9.59 Å². The first kappa shape index (κ1) is 17.3. The fourth-order valence-electron chi connectivity index (χ4n) is 2.50. The summed E-state index contributed by atoms with van der Waals surface area (Å²) in [7, 11) is 1.59. The van der Waals surface area contributed by atoms with Crippen molar-refractivity contribution in [2.45, 2.75) is 32.6 Å². The average molecular weight is 299 g/mol. The van der Waals surface area contributed by atoms with Crippen molar-refractivity contribution in [1.29, 1.82) is 0 Å². The fourth-order valence-corrected chi connectivity index (χ4v) is 2.50. The number of hydrogen-bond acceptors (Lipinski definition) is 3. The van der Waals surface area contributed by atoms with Gasteiger partial charge in [0, 0.05) is 33.1 Å². The smallest absolute Gasteiger partial charge is 0.320 e. The predicted molar refractivity (Wildman–Crippen MR) is 77.9 cm³/mol. The normalized spacial score (nSPS) is 18.2. The van der Waals surface area contributed by atoms with E-state index in [4.69, 9.17) is 5.11 Å². The number of piperidine rings is 1. The summed E-state index contributed by atoms with van der Waals surface area (Å²) >= 11 is 0. The number of carbonyl (C=O) groups is 3. The monoisotopic (exact) mass is 299 g/mol. The van der Waals surface area contributed by atoms with Crippen molar-refractivity contribution in [2.24, 2.45) is 5.92 Å². The highest BCUT2D eigenvalue weighted by Crippen LogP contribution is 2.20. The molecule has 0 aromatic carbocycles. The van der Waals surface area contributed by atoms with E-state index < -0.39 is 5.97 Å². The third-order valence-corrected chi connectivity index (χ3v) is 3.53. The fraction of sp³-hybridized carbons (Fsp3) is 0.786. The Labute approximate surface area is 125 Å². The van der Waals surface area contributed by atoms with Crippen LogP contribution < -0.4 is 5.32 Å². The molecule has 3 amide bonds. The van der Waals surface area contributed by atoms with Gasteiger partial charge in [-0.05, 0) is 25.2 Å². The van der Waals surface area contributed by atoms with Crippen LogP contribution in [-0.4, -0.2) is 66.0 Å². The van der Waals surface area contributed by atoms with Crippen molar-refractivity contribution in [3.8, 4) is 0 Å². The number of hydrogen-bond donors (Lipinski definition) is 2. The van der Waals surface area contributed by atoms with E-state index in [0.717, 1.165) is 19.3 Å². The lowest BCUT2D eigenvalue weighted by Crippen LogP contribution is -2.49. The predicted octanol–water partition coefficient (Wildman–Crippen LogP) is 0.751. The summed E-state index contributed by atoms with van der Waals surface area (Å²) < 4.78 is 0. The minimum absolute atomic E-state index is 0.00233. The lowest BCUT2D eigenvalue weighted by molar-refractivity contribution is -0.138. The number of carboxylic acids is 1. The molecule has 2 N–H and O–H groups in total. The van der Waals surface area contributed by atoms with Crippen molar-refractivity contribution in [2.75, 3.05) is 33.2 Å². The van der Waals surface area contributed by atoms with Crippen LogP contribution in [0, 0.1) is 5.92 Å². The molecule has 120 valence electrons. The van der Waals surface area contributed by atoms with E-state index in [-0.39, 0.29) is 30.8 Å². The van der Waals surface area contributed by atoms with E-state index in [1.165, 1.54) is 4.90 Å². The number of amides is 3. The van der Waals surface area contributed by atoms with E-state index in [1.807, 2.05) is 6.92 Å². The number of carbonyl (C=O) groups excluding carboxylic acids is 2. The molecule has 1 saturated heterocycles. The molecule has 0 aliphatic carbocycles. The van der Waals surface area contributed by atoms with Crippen LogP contribution in [0.2, 0.25) is 0 Å². The van der Waals surface area contributed by atoms with Crippen LogP contribution in [0.4, 0.5) is 4.79 Å². The molecule has 1 atom stereocenters. The van der Waals surface area contributed by atoms with Gasteiger partial charge < -0.3 is 20.2 Å². The van der Waals surface area contributed by atoms with Gasteiger partial charge in [0.05, 0.1) is 0 Å². The number of aliphatic carboxylic acids is 1. The van der Waals surface area contributed by atoms with E-state index in [1.54, 1.807) is 11.9 Å². The summed E-state index contributed by atoms with van der Waals surface area (Å²) in [5, 5.41) is 11.6. The number of rotatable bonds is 6. The molecule has 1 aliphatic rings. The number of nitrogens with one attached hydrogen (secondary N) is 1. The van der Waals surface area contributed by atoms with Crippen LogP contribution in [0.25, 0.3) is 0 Å². The van der Waals surface area contributed by atoms with E-state index >= 15 is 0 Å². The maximum Gasteiger partial charge on any atom is 0.320 e. The highest BCUT2D eigenvalue weighted by Gasteiger charge is 2.27. The van der Waals surface area contributed by atoms with Gasteiger partial charge in [0.15, 0.2) is 0 Å². The van der Waals surface area contributed by atoms with Crippen LogP contribution in [-0.2, 0) is 9.59 Å². The molecule has 21 heavy (non-hydrogen) atoms. The van der Waals surface area contributed by atoms with Crippen molar-refractivity contribution in [1.82, 2.24) is 15.1 Å². The van der Waals surface area contributed by atoms with Gasteiger partial charge in [0.1, 0.15) is 6.54 Å². The first-order valence-electron chi connectivity index (χ1n) is 7.42. The summed E-state index contributed by atoms with van der Waals surface area (Å²) in [6.45, 7) is 3.66. The number of nitrogens with zero attached hydrogens (tertiary/aromatic N) is 2. The lowest BCUT2D eigenvalue weighted by atomic mass is 9.95. The molecule has 1 unspecified atom stereocenters. The third-order valence-electron chi connectivity index (χ3n) is 3.53. The molecule has 0 saturated carbocycles. The molecular weight excluding hydrogens is 274 g/mol. The number of carboxylic acid groups (broad SMARTS) is 1. The zero-order valence-corrected chi connectivity index (χ0v) is 12.8. The molecule has 7 heteroatoms. The zero-order chi connectivity index (χ0) is 15.8. The number of likely N-dealkylation sites (N-methyl/N-ethyl adjacent to an activating group) is 1. The topological polar surface area (TPSA) is 90.0 Å². The molecule has 1 aliphatic heterocycles. The van der Waals surface area contributed by atoms with Gasteiger partial charge in [-0.1, -0.05) is 6.92 Å². The van der Waals surface area contributed by atoms with E-state index in [0.29, 0.717) is 19.6 Å². The summed E-state index contributed by atoms with van der Waals surface area (Å²) in [5.41, 5.74) is 0. The second kappa shape index (κ2) is 8.49. The molecule has 1 heterocycles. The Kier molecular flexibility index (Phi) is 6.98. The van der Waals surface area contributed by atoms with Crippen LogP contribution in [0.1, 0.15) is 32.6 Å². The lowest BCUT2D eigenvalue weighted by Gasteiger charge is -2.34. The highest BCUT2D eigenvalue weighted by molar-refractivity contribution is 5.83. The first-order valence-corrected chi connectivity index (χ1v) is 7.42. The quantitative estimate of drug-likeness (QED) is 0.757. The van der Waals surface area contributed by atoms with Crippen molar-refractivity contribution in [3.05, 3.63) is 0 Å². The summed E-state index contributed by atoms with van der Waals surface area (Å²) in [6.07, 6.45) is 2.58. The number of urea groups is 1. The van der Waals surface area contributed by atoms with Crippen molar-refractivity contribution in [3.63, 3.8) is 0 Å². The maximum absolute atomic E-state index is 12.3. The zero-order valence-electron chi connectivity index (χ0n) is 12.8. The second-order valence-electron chi connectivity index (χ2n) is 5.54. The second-order valence-corrected chi connectivity index (χ2v) is 5.54. The van der Waals surface area contributed by atoms with Gasteiger partial charge in [0.2, 0.25) is 5.91 Å². The molecule has 0 radical (unpaired) electrons. The number of likely N-dealkylation sites (tertiary alicyclic amines) is 1. The Hall–Kier alpha value is -1.79. The summed E-state index contributed by atoms with van der Waals surface area (Å²) in [4.78, 5) is 37.7. The van der Waals surface area contributed by atoms with E-state index in [2.05, 4.69) is 5.32 Å². The van der Waals surface area contributed by atoms with E-state index in [9.17, 15) is 14.4 Å². The van der Waals surface area contributed by atoms with Gasteiger partial charge in [0.25, 0.3) is 0 Å². The minimum atomic E-state index is -0.832. The maximum atomic E-state index is 12.3. The summed E-state index contributed by atoms with van der Waals surface area (Å²) in [6, 6.07) is -0.211. The van der Waals surface area contributed by atoms with Crippen molar-refractivity contribution >= 4 is 17.9 Å².